The van der Waals surface area contributed by atoms with Gasteiger partial charge in [0.15, 0.2) is 0 Å². The van der Waals surface area contributed by atoms with E-state index < -0.39 is 33.7 Å². The van der Waals surface area contributed by atoms with Crippen molar-refractivity contribution in [2.75, 3.05) is 0 Å². The van der Waals surface area contributed by atoms with Gasteiger partial charge in [0, 0.05) is 17.6 Å². The summed E-state index contributed by atoms with van der Waals surface area (Å²) in [6.07, 6.45) is -2.13. The average molecular weight is 335 g/mol. The lowest BCUT2D eigenvalue weighted by atomic mass is 9.93. The molecule has 1 aromatic heterocycles. The molecule has 22 heavy (non-hydrogen) atoms. The zero-order valence-electron chi connectivity index (χ0n) is 12.8. The summed E-state index contributed by atoms with van der Waals surface area (Å²) in [5.74, 6) is 0. The molecule has 0 aromatic carbocycles. The normalized spacial score (nSPS) is 28.5. The van der Waals surface area contributed by atoms with Crippen molar-refractivity contribution in [1.82, 2.24) is 14.5 Å². The molecule has 0 radical (unpaired) electrons. The first kappa shape index (κ1) is 16.1. The maximum atomic E-state index is 13.4. The molecule has 2 aliphatic rings. The van der Waals surface area contributed by atoms with Crippen molar-refractivity contribution in [3.63, 3.8) is 0 Å². The van der Waals surface area contributed by atoms with Gasteiger partial charge >= 0.3 is 6.18 Å². The van der Waals surface area contributed by atoms with Gasteiger partial charge in [-0.15, -0.1) is 4.72 Å². The summed E-state index contributed by atoms with van der Waals surface area (Å²) in [5.41, 5.74) is -0.967. The Bertz CT molecular complexity index is 562. The lowest BCUT2D eigenvalue weighted by molar-refractivity contribution is -0.200. The molecule has 1 aliphatic carbocycles. The zero-order valence-corrected chi connectivity index (χ0v) is 13.6. The standard InChI is InChI=1S/C14H20F3N3OS/c1-12(2,3)22(21)19-9-8-11(20-10(9)4-7-18-20)13(5-6-13)14(15,16)17/h4,7,9,11,19H,5-6,8H2,1-3H3/t9-,11?,22+/m1/s1. The van der Waals surface area contributed by atoms with Gasteiger partial charge in [-0.05, 0) is 46.1 Å². The lowest BCUT2D eigenvalue weighted by Crippen LogP contribution is -2.41. The van der Waals surface area contributed by atoms with Crippen molar-refractivity contribution in [3.8, 4) is 0 Å². The Balaban J connectivity index is 1.84. The molecule has 1 aliphatic heterocycles. The molecular formula is C14H20F3N3OS. The van der Waals surface area contributed by atoms with Crippen LogP contribution >= 0.6 is 0 Å². The SMILES string of the molecule is CC(C)(C)[S@+]([O-])N[C@@H]1CC(C2(C(F)(F)F)CC2)n2nccc21. The van der Waals surface area contributed by atoms with Crippen LogP contribution in [0.25, 0.3) is 0 Å². The molecule has 2 heterocycles. The van der Waals surface area contributed by atoms with E-state index in [1.807, 2.05) is 20.8 Å². The van der Waals surface area contributed by atoms with Gasteiger partial charge in [-0.25, -0.2) is 0 Å². The highest BCUT2D eigenvalue weighted by Crippen LogP contribution is 2.66. The summed E-state index contributed by atoms with van der Waals surface area (Å²) in [4.78, 5) is 0. The number of fused-ring (bicyclic) bond motifs is 1. The monoisotopic (exact) mass is 335 g/mol. The zero-order chi connectivity index (χ0) is 16.3. The Kier molecular flexibility index (Phi) is 3.58. The van der Waals surface area contributed by atoms with Gasteiger partial charge in [-0.3, -0.25) is 4.68 Å². The number of nitrogens with one attached hydrogen (secondary N) is 1. The van der Waals surface area contributed by atoms with E-state index in [1.54, 1.807) is 6.07 Å². The number of nitrogens with zero attached hydrogens (tertiary/aromatic N) is 2. The van der Waals surface area contributed by atoms with E-state index in [0.717, 1.165) is 0 Å². The van der Waals surface area contributed by atoms with Crippen LogP contribution in [0.3, 0.4) is 0 Å². The third kappa shape index (κ3) is 2.45. The Morgan fingerprint density at radius 1 is 1.36 bits per heavy atom. The Morgan fingerprint density at radius 3 is 2.50 bits per heavy atom. The van der Waals surface area contributed by atoms with Crippen molar-refractivity contribution in [1.29, 1.82) is 0 Å². The van der Waals surface area contributed by atoms with Crippen molar-refractivity contribution in [3.05, 3.63) is 18.0 Å². The minimum atomic E-state index is -4.22. The second-order valence-electron chi connectivity index (χ2n) is 7.16. The second kappa shape index (κ2) is 4.88. The molecule has 0 saturated heterocycles. The van der Waals surface area contributed by atoms with Gasteiger partial charge < -0.3 is 4.55 Å². The lowest BCUT2D eigenvalue weighted by Gasteiger charge is -2.28. The van der Waals surface area contributed by atoms with Crippen molar-refractivity contribution < 1.29 is 17.7 Å². The minimum Gasteiger partial charge on any atom is -0.598 e. The first-order valence-electron chi connectivity index (χ1n) is 7.34. The number of aromatic nitrogens is 2. The molecule has 3 rings (SSSR count). The first-order valence-corrected chi connectivity index (χ1v) is 8.49. The summed E-state index contributed by atoms with van der Waals surface area (Å²) in [6, 6.07) is 0.656. The molecule has 1 saturated carbocycles. The van der Waals surface area contributed by atoms with E-state index in [2.05, 4.69) is 9.82 Å². The van der Waals surface area contributed by atoms with E-state index in [1.165, 1.54) is 10.9 Å². The van der Waals surface area contributed by atoms with Crippen LogP contribution < -0.4 is 4.72 Å². The quantitative estimate of drug-likeness (QED) is 0.863. The van der Waals surface area contributed by atoms with Crippen LogP contribution in [-0.4, -0.2) is 25.3 Å². The second-order valence-corrected chi connectivity index (χ2v) is 9.16. The predicted molar refractivity (Wildman–Crippen MR) is 77.4 cm³/mol. The number of halogens is 3. The molecule has 0 amide bonds. The van der Waals surface area contributed by atoms with Gasteiger partial charge in [0.05, 0.1) is 23.2 Å². The van der Waals surface area contributed by atoms with Crippen molar-refractivity contribution in [2.24, 2.45) is 5.41 Å². The third-order valence-corrected chi connectivity index (χ3v) is 6.22. The van der Waals surface area contributed by atoms with Crippen LogP contribution in [0.5, 0.6) is 0 Å². The summed E-state index contributed by atoms with van der Waals surface area (Å²) in [6.45, 7) is 5.49. The Morgan fingerprint density at radius 2 is 2.00 bits per heavy atom. The maximum Gasteiger partial charge on any atom is 0.396 e. The largest absolute Gasteiger partial charge is 0.598 e. The van der Waals surface area contributed by atoms with Gasteiger partial charge in [-0.1, -0.05) is 0 Å². The van der Waals surface area contributed by atoms with Gasteiger partial charge in [-0.2, -0.15) is 18.3 Å². The molecule has 8 heteroatoms. The molecule has 124 valence electrons. The number of alkyl halides is 3. The highest BCUT2D eigenvalue weighted by molar-refractivity contribution is 7.90. The highest BCUT2D eigenvalue weighted by Gasteiger charge is 2.69. The van der Waals surface area contributed by atoms with Crippen LogP contribution in [0.1, 0.15) is 57.8 Å². The summed E-state index contributed by atoms with van der Waals surface area (Å²) in [7, 11) is 0. The van der Waals surface area contributed by atoms with Crippen LogP contribution in [0.15, 0.2) is 12.3 Å². The molecule has 1 N–H and O–H groups in total. The van der Waals surface area contributed by atoms with Crippen LogP contribution in [0, 0.1) is 5.41 Å². The fourth-order valence-corrected chi connectivity index (χ4v) is 3.95. The predicted octanol–water partition coefficient (Wildman–Crippen LogP) is 3.26. The van der Waals surface area contributed by atoms with E-state index in [0.29, 0.717) is 5.69 Å². The van der Waals surface area contributed by atoms with E-state index in [4.69, 9.17) is 0 Å². The topological polar surface area (TPSA) is 52.9 Å². The fraction of sp³-hybridized carbons (Fsp3) is 0.786. The third-order valence-electron chi connectivity index (χ3n) is 4.61. The molecule has 1 aromatic rings. The molecule has 0 spiro atoms. The first-order chi connectivity index (χ1) is 10.1. The highest BCUT2D eigenvalue weighted by atomic mass is 32.2. The Labute approximate surface area is 130 Å². The van der Waals surface area contributed by atoms with Crippen LogP contribution in [0.4, 0.5) is 13.2 Å². The van der Waals surface area contributed by atoms with Crippen molar-refractivity contribution >= 4 is 11.4 Å². The van der Waals surface area contributed by atoms with E-state index in [9.17, 15) is 17.7 Å². The van der Waals surface area contributed by atoms with Crippen LogP contribution in [-0.2, 0) is 11.4 Å². The Hall–Kier alpha value is -0.730. The molecule has 1 fully saturated rings. The number of rotatable bonds is 3. The van der Waals surface area contributed by atoms with Gasteiger partial charge in [0.25, 0.3) is 0 Å². The summed E-state index contributed by atoms with van der Waals surface area (Å²) >= 11 is -1.33. The smallest absolute Gasteiger partial charge is 0.396 e. The fourth-order valence-electron chi connectivity index (χ4n) is 3.12. The van der Waals surface area contributed by atoms with E-state index in [-0.39, 0.29) is 25.3 Å². The summed E-state index contributed by atoms with van der Waals surface area (Å²) < 4.78 is 56.5. The van der Waals surface area contributed by atoms with Gasteiger partial charge in [0.2, 0.25) is 0 Å². The van der Waals surface area contributed by atoms with E-state index >= 15 is 0 Å². The number of hydrogen-bond donors (Lipinski definition) is 1. The molecule has 0 bridgehead atoms. The summed E-state index contributed by atoms with van der Waals surface area (Å²) in [5, 5.41) is 4.10. The minimum absolute atomic E-state index is 0.148. The average Bonchev–Trinajstić information content (AvgIpc) is 2.92. The molecule has 1 unspecified atom stereocenters. The van der Waals surface area contributed by atoms with Crippen molar-refractivity contribution in [2.45, 2.75) is 63.0 Å². The van der Waals surface area contributed by atoms with Crippen LogP contribution in [0.2, 0.25) is 0 Å². The molecule has 4 nitrogen and oxygen atoms in total. The van der Waals surface area contributed by atoms with Gasteiger partial charge in [0.1, 0.15) is 4.75 Å². The number of hydrogen-bond acceptors (Lipinski definition) is 3. The molecular weight excluding hydrogens is 315 g/mol. The molecule has 3 atom stereocenters. The maximum absolute atomic E-state index is 13.4.